The van der Waals surface area contributed by atoms with Crippen LogP contribution in [0.15, 0.2) is 59.7 Å². The van der Waals surface area contributed by atoms with Gasteiger partial charge in [0.05, 0.1) is 36.0 Å². The second-order valence-electron chi connectivity index (χ2n) is 6.17. The number of nitrogens with one attached hydrogen (secondary N) is 1. The van der Waals surface area contributed by atoms with E-state index < -0.39 is 0 Å². The van der Waals surface area contributed by atoms with Crippen LogP contribution in [0.5, 0.6) is 5.75 Å². The van der Waals surface area contributed by atoms with Gasteiger partial charge in [0.1, 0.15) is 5.75 Å². The van der Waals surface area contributed by atoms with Crippen LogP contribution in [-0.2, 0) is 10.5 Å². The minimum Gasteiger partial charge on any atom is -0.497 e. The van der Waals surface area contributed by atoms with Gasteiger partial charge in [-0.15, -0.1) is 11.8 Å². The molecule has 29 heavy (non-hydrogen) atoms. The third-order valence-electron chi connectivity index (χ3n) is 4.16. The summed E-state index contributed by atoms with van der Waals surface area (Å²) in [7, 11) is 1.63. The molecule has 0 spiro atoms. The summed E-state index contributed by atoms with van der Waals surface area (Å²) in [6.07, 6.45) is 1.52. The maximum absolute atomic E-state index is 12.0. The molecule has 0 fully saturated rings. The summed E-state index contributed by atoms with van der Waals surface area (Å²) in [5, 5.41) is 8.70. The van der Waals surface area contributed by atoms with Crippen molar-refractivity contribution in [3.63, 3.8) is 0 Å². The highest BCUT2D eigenvalue weighted by Gasteiger charge is 2.12. The zero-order valence-electron chi connectivity index (χ0n) is 16.1. The minimum absolute atomic E-state index is 0.177. The number of thioether (sulfide) groups is 1. The average Bonchev–Trinajstić information content (AvgIpc) is 3.03. The summed E-state index contributed by atoms with van der Waals surface area (Å²) in [5.74, 6) is 1.68. The lowest BCUT2D eigenvalue weighted by atomic mass is 10.2. The Bertz CT molecular complexity index is 988. The fourth-order valence-electron chi connectivity index (χ4n) is 2.63. The third-order valence-corrected chi connectivity index (χ3v) is 5.45. The van der Waals surface area contributed by atoms with E-state index in [1.165, 1.54) is 18.0 Å². The van der Waals surface area contributed by atoms with Crippen LogP contribution < -0.4 is 10.2 Å². The molecule has 0 saturated carbocycles. The molecule has 3 rings (SSSR count). The van der Waals surface area contributed by atoms with Crippen LogP contribution in [0.2, 0.25) is 5.15 Å². The molecule has 0 radical (unpaired) electrons. The van der Waals surface area contributed by atoms with Gasteiger partial charge in [-0.1, -0.05) is 41.9 Å². The number of ether oxygens (including phenoxy) is 1. The van der Waals surface area contributed by atoms with Crippen molar-refractivity contribution in [1.29, 1.82) is 0 Å². The van der Waals surface area contributed by atoms with Crippen molar-refractivity contribution in [2.75, 3.05) is 12.9 Å². The predicted octanol–water partition coefficient (Wildman–Crippen LogP) is 4.23. The van der Waals surface area contributed by atoms with Crippen molar-refractivity contribution in [2.45, 2.75) is 12.7 Å². The number of aromatic nitrogens is 2. The van der Waals surface area contributed by atoms with Gasteiger partial charge < -0.3 is 4.74 Å². The summed E-state index contributed by atoms with van der Waals surface area (Å²) >= 11 is 7.75. The molecule has 8 heteroatoms. The molecule has 1 aromatic heterocycles. The normalized spacial score (nSPS) is 11.0. The molecule has 1 N–H and O–H groups in total. The lowest BCUT2D eigenvalue weighted by Gasteiger charge is -2.04. The SMILES string of the molecule is COc1ccc(CSCC(=O)N/N=C\c2c(Cl)nn(-c3ccccc3)c2C)cc1. The van der Waals surface area contributed by atoms with Crippen molar-refractivity contribution >= 4 is 35.5 Å². The van der Waals surface area contributed by atoms with E-state index in [1.54, 1.807) is 11.8 Å². The number of halogens is 1. The van der Waals surface area contributed by atoms with E-state index in [-0.39, 0.29) is 5.91 Å². The van der Waals surface area contributed by atoms with Crippen LogP contribution in [-0.4, -0.2) is 34.8 Å². The molecule has 0 aliphatic rings. The van der Waals surface area contributed by atoms with E-state index in [4.69, 9.17) is 16.3 Å². The highest BCUT2D eigenvalue weighted by Crippen LogP contribution is 2.20. The van der Waals surface area contributed by atoms with E-state index in [0.29, 0.717) is 16.5 Å². The smallest absolute Gasteiger partial charge is 0.250 e. The molecule has 0 aliphatic carbocycles. The van der Waals surface area contributed by atoms with Gasteiger partial charge in [0.25, 0.3) is 0 Å². The molecule has 6 nitrogen and oxygen atoms in total. The average molecular weight is 429 g/mol. The molecule has 0 saturated heterocycles. The number of hydrogen-bond donors (Lipinski definition) is 1. The Kier molecular flexibility index (Phi) is 7.32. The van der Waals surface area contributed by atoms with Gasteiger partial charge >= 0.3 is 0 Å². The maximum atomic E-state index is 12.0. The lowest BCUT2D eigenvalue weighted by Crippen LogP contribution is -2.19. The Morgan fingerprint density at radius 2 is 1.97 bits per heavy atom. The number of carbonyl (C=O) groups is 1. The number of para-hydroxylation sites is 1. The summed E-state index contributed by atoms with van der Waals surface area (Å²) in [6.45, 7) is 1.90. The molecule has 2 aromatic carbocycles. The van der Waals surface area contributed by atoms with Crippen LogP contribution in [0.4, 0.5) is 0 Å². The molecule has 3 aromatic rings. The molecule has 1 heterocycles. The lowest BCUT2D eigenvalue weighted by molar-refractivity contribution is -0.118. The molecular weight excluding hydrogens is 408 g/mol. The molecule has 1 amide bonds. The highest BCUT2D eigenvalue weighted by molar-refractivity contribution is 7.99. The van der Waals surface area contributed by atoms with Crippen molar-refractivity contribution in [3.05, 3.63) is 76.6 Å². The monoisotopic (exact) mass is 428 g/mol. The molecule has 0 atom stereocenters. The zero-order chi connectivity index (χ0) is 20.6. The summed E-state index contributed by atoms with van der Waals surface area (Å²) in [5.41, 5.74) is 6.08. The Balaban J connectivity index is 1.51. The number of hydrazone groups is 1. The number of hydrogen-bond acceptors (Lipinski definition) is 5. The highest BCUT2D eigenvalue weighted by atomic mass is 35.5. The van der Waals surface area contributed by atoms with E-state index in [0.717, 1.165) is 28.4 Å². The molecular formula is C21H21ClN4O2S. The Labute approximate surface area is 178 Å². The van der Waals surface area contributed by atoms with E-state index >= 15 is 0 Å². The second kappa shape index (κ2) is 10.1. The fourth-order valence-corrected chi connectivity index (χ4v) is 3.67. The molecule has 0 unspecified atom stereocenters. The first-order valence-corrected chi connectivity index (χ1v) is 10.4. The molecule has 150 valence electrons. The first-order chi connectivity index (χ1) is 14.1. The van der Waals surface area contributed by atoms with Gasteiger partial charge in [-0.3, -0.25) is 4.79 Å². The number of benzene rings is 2. The summed E-state index contributed by atoms with van der Waals surface area (Å²) in [6, 6.07) is 17.5. The molecule has 0 bridgehead atoms. The number of nitrogens with zero attached hydrogens (tertiary/aromatic N) is 3. The van der Waals surface area contributed by atoms with Gasteiger partial charge in [0, 0.05) is 5.75 Å². The van der Waals surface area contributed by atoms with Crippen LogP contribution in [0.3, 0.4) is 0 Å². The quantitative estimate of drug-likeness (QED) is 0.430. The summed E-state index contributed by atoms with van der Waals surface area (Å²) < 4.78 is 6.88. The van der Waals surface area contributed by atoms with Crippen LogP contribution >= 0.6 is 23.4 Å². The first-order valence-electron chi connectivity index (χ1n) is 8.91. The number of carbonyl (C=O) groups excluding carboxylic acids is 1. The van der Waals surface area contributed by atoms with Crippen LogP contribution in [0.1, 0.15) is 16.8 Å². The third kappa shape index (κ3) is 5.62. The van der Waals surface area contributed by atoms with Crippen molar-refractivity contribution in [1.82, 2.24) is 15.2 Å². The standard InChI is InChI=1S/C21H21ClN4O2S/c1-15-19(21(22)25-26(15)17-6-4-3-5-7-17)12-23-24-20(27)14-29-13-16-8-10-18(28-2)11-9-16/h3-12H,13-14H2,1-2H3,(H,24,27)/b23-12-. The largest absolute Gasteiger partial charge is 0.497 e. The topological polar surface area (TPSA) is 68.5 Å². The zero-order valence-corrected chi connectivity index (χ0v) is 17.7. The van der Waals surface area contributed by atoms with Crippen molar-refractivity contribution < 1.29 is 9.53 Å². The van der Waals surface area contributed by atoms with Gasteiger partial charge in [-0.25, -0.2) is 10.1 Å². The fraction of sp³-hybridized carbons (Fsp3) is 0.190. The van der Waals surface area contributed by atoms with Gasteiger partial charge in [-0.05, 0) is 36.8 Å². The molecule has 0 aliphatic heterocycles. The van der Waals surface area contributed by atoms with Crippen LogP contribution in [0, 0.1) is 6.92 Å². The van der Waals surface area contributed by atoms with Gasteiger partial charge in [0.2, 0.25) is 5.91 Å². The Morgan fingerprint density at radius 3 is 2.66 bits per heavy atom. The predicted molar refractivity (Wildman–Crippen MR) is 118 cm³/mol. The van der Waals surface area contributed by atoms with Crippen molar-refractivity contribution in [2.24, 2.45) is 5.10 Å². The number of amides is 1. The first kappa shape index (κ1) is 21.0. The second-order valence-corrected chi connectivity index (χ2v) is 7.51. The van der Waals surface area contributed by atoms with E-state index in [9.17, 15) is 4.79 Å². The summed E-state index contributed by atoms with van der Waals surface area (Å²) in [4.78, 5) is 12.0. The van der Waals surface area contributed by atoms with Gasteiger partial charge in [-0.2, -0.15) is 10.2 Å². The Morgan fingerprint density at radius 1 is 1.24 bits per heavy atom. The van der Waals surface area contributed by atoms with Crippen molar-refractivity contribution in [3.8, 4) is 11.4 Å². The van der Waals surface area contributed by atoms with E-state index in [1.807, 2.05) is 61.5 Å². The Hall–Kier alpha value is -2.77. The van der Waals surface area contributed by atoms with E-state index in [2.05, 4.69) is 15.6 Å². The van der Waals surface area contributed by atoms with Gasteiger partial charge in [0.15, 0.2) is 5.15 Å². The number of rotatable bonds is 8. The van der Waals surface area contributed by atoms with Crippen LogP contribution in [0.25, 0.3) is 5.69 Å². The number of methoxy groups -OCH3 is 1. The minimum atomic E-state index is -0.177. The maximum Gasteiger partial charge on any atom is 0.250 e.